The van der Waals surface area contributed by atoms with Gasteiger partial charge in [-0.3, -0.25) is 9.59 Å². The second-order valence-corrected chi connectivity index (χ2v) is 6.56. The molecule has 6 heteroatoms. The number of hydrogen-bond acceptors (Lipinski definition) is 2. The Bertz CT molecular complexity index is 723. The summed E-state index contributed by atoms with van der Waals surface area (Å²) in [5.74, 6) is -0.239. The third-order valence-corrected chi connectivity index (χ3v) is 4.06. The Balaban J connectivity index is 2.23. The highest BCUT2D eigenvalue weighted by atomic mass is 79.9. The SMILES string of the molecule is Cc1cc(Br)cn(C(C)C(=O)Nc2ccc(Br)cc2)c1=O. The van der Waals surface area contributed by atoms with E-state index < -0.39 is 6.04 Å². The lowest BCUT2D eigenvalue weighted by atomic mass is 10.2. The number of amides is 1. The number of carbonyl (C=O) groups is 1. The summed E-state index contributed by atoms with van der Waals surface area (Å²) >= 11 is 6.68. The molecule has 1 unspecified atom stereocenters. The number of aromatic nitrogens is 1. The molecule has 1 aromatic heterocycles. The normalized spacial score (nSPS) is 12.0. The summed E-state index contributed by atoms with van der Waals surface area (Å²) in [6.07, 6.45) is 1.63. The third kappa shape index (κ3) is 3.83. The highest BCUT2D eigenvalue weighted by Crippen LogP contribution is 2.17. The van der Waals surface area contributed by atoms with E-state index in [1.54, 1.807) is 38.2 Å². The molecule has 0 saturated carbocycles. The fraction of sp³-hybridized carbons (Fsp3) is 0.200. The van der Waals surface area contributed by atoms with Crippen molar-refractivity contribution in [2.75, 3.05) is 5.32 Å². The van der Waals surface area contributed by atoms with Crippen LogP contribution in [-0.4, -0.2) is 10.5 Å². The number of pyridine rings is 1. The van der Waals surface area contributed by atoms with Crippen molar-refractivity contribution in [2.24, 2.45) is 0 Å². The minimum Gasteiger partial charge on any atom is -0.324 e. The van der Waals surface area contributed by atoms with Crippen LogP contribution in [-0.2, 0) is 4.79 Å². The van der Waals surface area contributed by atoms with E-state index in [9.17, 15) is 9.59 Å². The number of nitrogens with zero attached hydrogens (tertiary/aromatic N) is 1. The molecular formula is C15H14Br2N2O2. The van der Waals surface area contributed by atoms with Crippen molar-refractivity contribution in [1.29, 1.82) is 0 Å². The zero-order valence-corrected chi connectivity index (χ0v) is 14.7. The van der Waals surface area contributed by atoms with Crippen LogP contribution in [0.2, 0.25) is 0 Å². The number of rotatable bonds is 3. The van der Waals surface area contributed by atoms with Crippen LogP contribution in [0.4, 0.5) is 5.69 Å². The van der Waals surface area contributed by atoms with Crippen molar-refractivity contribution < 1.29 is 4.79 Å². The first-order valence-corrected chi connectivity index (χ1v) is 7.92. The quantitative estimate of drug-likeness (QED) is 0.829. The van der Waals surface area contributed by atoms with Crippen LogP contribution in [0.25, 0.3) is 0 Å². The molecule has 1 heterocycles. The van der Waals surface area contributed by atoms with Crippen molar-refractivity contribution >= 4 is 43.5 Å². The number of hydrogen-bond donors (Lipinski definition) is 1. The first-order valence-electron chi connectivity index (χ1n) is 6.33. The van der Waals surface area contributed by atoms with Gasteiger partial charge in [-0.2, -0.15) is 0 Å². The van der Waals surface area contributed by atoms with Crippen LogP contribution >= 0.6 is 31.9 Å². The summed E-state index contributed by atoms with van der Waals surface area (Å²) in [4.78, 5) is 24.4. The molecule has 1 amide bonds. The van der Waals surface area contributed by atoms with Crippen LogP contribution in [0.5, 0.6) is 0 Å². The number of nitrogens with one attached hydrogen (secondary N) is 1. The molecule has 0 bridgehead atoms. The number of carbonyl (C=O) groups excluding carboxylic acids is 1. The summed E-state index contributed by atoms with van der Waals surface area (Å²) in [7, 11) is 0. The molecular weight excluding hydrogens is 400 g/mol. The number of anilines is 1. The highest BCUT2D eigenvalue weighted by Gasteiger charge is 2.17. The minimum absolute atomic E-state index is 0.170. The van der Waals surface area contributed by atoms with Crippen LogP contribution in [0, 0.1) is 6.92 Å². The van der Waals surface area contributed by atoms with Gasteiger partial charge < -0.3 is 9.88 Å². The van der Waals surface area contributed by atoms with Crippen LogP contribution in [0.15, 0.2) is 50.3 Å². The van der Waals surface area contributed by atoms with Gasteiger partial charge in [0.05, 0.1) is 0 Å². The zero-order chi connectivity index (χ0) is 15.6. The van der Waals surface area contributed by atoms with Crippen molar-refractivity contribution in [3.05, 3.63) is 61.4 Å². The van der Waals surface area contributed by atoms with Crippen molar-refractivity contribution in [1.82, 2.24) is 4.57 Å². The Labute approximate surface area is 139 Å². The Hall–Kier alpha value is -1.40. The molecule has 4 nitrogen and oxygen atoms in total. The van der Waals surface area contributed by atoms with Crippen molar-refractivity contribution in [2.45, 2.75) is 19.9 Å². The van der Waals surface area contributed by atoms with Gasteiger partial charge in [0.2, 0.25) is 5.91 Å². The van der Waals surface area contributed by atoms with Crippen molar-refractivity contribution in [3.8, 4) is 0 Å². The van der Waals surface area contributed by atoms with E-state index in [2.05, 4.69) is 37.2 Å². The van der Waals surface area contributed by atoms with Gasteiger partial charge in [-0.05, 0) is 60.1 Å². The lowest BCUT2D eigenvalue weighted by Crippen LogP contribution is -2.32. The molecule has 0 aliphatic heterocycles. The Morgan fingerprint density at radius 2 is 1.81 bits per heavy atom. The van der Waals surface area contributed by atoms with E-state index >= 15 is 0 Å². The molecule has 1 N–H and O–H groups in total. The smallest absolute Gasteiger partial charge is 0.254 e. The molecule has 0 aliphatic carbocycles. The van der Waals surface area contributed by atoms with E-state index in [0.717, 1.165) is 8.95 Å². The number of halogens is 2. The van der Waals surface area contributed by atoms with Gasteiger partial charge in [0.1, 0.15) is 6.04 Å². The average molecular weight is 414 g/mol. The molecule has 0 spiro atoms. The minimum atomic E-state index is -0.600. The third-order valence-electron chi connectivity index (χ3n) is 3.10. The molecule has 0 fully saturated rings. The lowest BCUT2D eigenvalue weighted by molar-refractivity contribution is -0.118. The van der Waals surface area contributed by atoms with Gasteiger partial charge >= 0.3 is 0 Å². The fourth-order valence-electron chi connectivity index (χ4n) is 1.89. The summed E-state index contributed by atoms with van der Waals surface area (Å²) in [5.41, 5.74) is 1.11. The standard InChI is InChI=1S/C15H14Br2N2O2/c1-9-7-12(17)8-19(15(9)21)10(2)14(20)18-13-5-3-11(16)4-6-13/h3-8,10H,1-2H3,(H,18,20). The molecule has 1 atom stereocenters. The number of benzene rings is 1. The molecule has 0 radical (unpaired) electrons. The second-order valence-electron chi connectivity index (χ2n) is 4.73. The molecule has 21 heavy (non-hydrogen) atoms. The summed E-state index contributed by atoms with van der Waals surface area (Å²) in [5, 5.41) is 2.80. The average Bonchev–Trinajstić information content (AvgIpc) is 2.44. The van der Waals surface area contributed by atoms with E-state index in [1.807, 2.05) is 12.1 Å². The second kappa shape index (κ2) is 6.58. The van der Waals surface area contributed by atoms with E-state index in [-0.39, 0.29) is 11.5 Å². The Kier molecular flexibility index (Phi) is 5.00. The molecule has 1 aromatic carbocycles. The van der Waals surface area contributed by atoms with Crippen LogP contribution < -0.4 is 10.9 Å². The van der Waals surface area contributed by atoms with Gasteiger partial charge in [0.25, 0.3) is 5.56 Å². The molecule has 2 aromatic rings. The zero-order valence-electron chi connectivity index (χ0n) is 11.6. The number of aryl methyl sites for hydroxylation is 1. The van der Waals surface area contributed by atoms with Crippen LogP contribution in [0.3, 0.4) is 0 Å². The summed E-state index contributed by atoms with van der Waals surface area (Å²) in [6.45, 7) is 3.42. The van der Waals surface area contributed by atoms with Gasteiger partial charge in [0, 0.05) is 26.4 Å². The molecule has 0 aliphatic rings. The maximum absolute atomic E-state index is 12.3. The first-order chi connectivity index (χ1) is 9.88. The van der Waals surface area contributed by atoms with E-state index in [0.29, 0.717) is 11.3 Å². The Morgan fingerprint density at radius 3 is 2.43 bits per heavy atom. The molecule has 110 valence electrons. The van der Waals surface area contributed by atoms with E-state index in [4.69, 9.17) is 0 Å². The van der Waals surface area contributed by atoms with Gasteiger partial charge in [-0.1, -0.05) is 15.9 Å². The Morgan fingerprint density at radius 1 is 1.19 bits per heavy atom. The van der Waals surface area contributed by atoms with Crippen molar-refractivity contribution in [3.63, 3.8) is 0 Å². The maximum atomic E-state index is 12.3. The largest absolute Gasteiger partial charge is 0.324 e. The summed E-state index contributed by atoms with van der Waals surface area (Å²) in [6, 6.07) is 8.41. The van der Waals surface area contributed by atoms with E-state index in [1.165, 1.54) is 4.57 Å². The predicted molar refractivity (Wildman–Crippen MR) is 90.6 cm³/mol. The lowest BCUT2D eigenvalue weighted by Gasteiger charge is -2.16. The fourth-order valence-corrected chi connectivity index (χ4v) is 2.72. The topological polar surface area (TPSA) is 51.1 Å². The summed E-state index contributed by atoms with van der Waals surface area (Å²) < 4.78 is 3.13. The van der Waals surface area contributed by atoms with Crippen LogP contribution in [0.1, 0.15) is 18.5 Å². The molecule has 0 saturated heterocycles. The maximum Gasteiger partial charge on any atom is 0.254 e. The predicted octanol–water partition coefficient (Wildman–Crippen LogP) is 3.88. The first kappa shape index (κ1) is 16.0. The van der Waals surface area contributed by atoms with Gasteiger partial charge in [0.15, 0.2) is 0 Å². The highest BCUT2D eigenvalue weighted by molar-refractivity contribution is 9.10. The molecule has 2 rings (SSSR count). The van der Waals surface area contributed by atoms with Gasteiger partial charge in [-0.15, -0.1) is 0 Å². The van der Waals surface area contributed by atoms with Gasteiger partial charge in [-0.25, -0.2) is 0 Å². The monoisotopic (exact) mass is 412 g/mol.